The predicted octanol–water partition coefficient (Wildman–Crippen LogP) is -0.760. The SMILES string of the molecule is Cn1n[c-]nc1CC(=O)O.[Y]. The number of aromatic nitrogens is 3. The molecular weight excluding hydrogens is 223 g/mol. The van der Waals surface area contributed by atoms with Crippen LogP contribution in [0.25, 0.3) is 0 Å². The van der Waals surface area contributed by atoms with Crippen molar-refractivity contribution in [2.45, 2.75) is 6.42 Å². The number of carboxylic acid groups (broad SMARTS) is 1. The minimum atomic E-state index is -0.912. The zero-order valence-electron chi connectivity index (χ0n) is 5.98. The van der Waals surface area contributed by atoms with E-state index in [-0.39, 0.29) is 39.1 Å². The van der Waals surface area contributed by atoms with Crippen LogP contribution in [0.1, 0.15) is 5.82 Å². The van der Waals surface area contributed by atoms with Gasteiger partial charge in [0.2, 0.25) is 0 Å². The molecule has 0 spiro atoms. The molecule has 0 unspecified atom stereocenters. The van der Waals surface area contributed by atoms with Crippen LogP contribution in [0.3, 0.4) is 0 Å². The number of aryl methyl sites for hydroxylation is 1. The maximum Gasteiger partial charge on any atom is 0.293 e. The van der Waals surface area contributed by atoms with Crippen molar-refractivity contribution in [1.82, 2.24) is 14.8 Å². The molecule has 0 aromatic carbocycles. The molecule has 1 heterocycles. The Morgan fingerprint density at radius 2 is 2.45 bits per heavy atom. The van der Waals surface area contributed by atoms with E-state index in [1.165, 1.54) is 4.68 Å². The largest absolute Gasteiger partial charge is 0.482 e. The summed E-state index contributed by atoms with van der Waals surface area (Å²) in [5.74, 6) is -0.503. The van der Waals surface area contributed by atoms with Gasteiger partial charge in [0, 0.05) is 46.2 Å². The first-order chi connectivity index (χ1) is 4.70. The molecule has 0 fully saturated rings. The first-order valence-corrected chi connectivity index (χ1v) is 2.68. The number of rotatable bonds is 2. The Kier molecular flexibility index (Phi) is 4.44. The second-order valence-corrected chi connectivity index (χ2v) is 1.82. The van der Waals surface area contributed by atoms with Gasteiger partial charge in [-0.15, -0.1) is 0 Å². The molecule has 1 N–H and O–H groups in total. The Bertz CT molecular complexity index is 248. The Morgan fingerprint density at radius 3 is 2.82 bits per heavy atom. The first kappa shape index (κ1) is 10.7. The van der Waals surface area contributed by atoms with Gasteiger partial charge in [-0.25, -0.2) is 0 Å². The van der Waals surface area contributed by atoms with Crippen LogP contribution in [0.4, 0.5) is 0 Å². The molecule has 0 aliphatic heterocycles. The summed E-state index contributed by atoms with van der Waals surface area (Å²) < 4.78 is 1.38. The van der Waals surface area contributed by atoms with Crippen LogP contribution in [0.2, 0.25) is 0 Å². The zero-order valence-corrected chi connectivity index (χ0v) is 8.82. The maximum absolute atomic E-state index is 10.1. The standard InChI is InChI=1S/C5H6N3O2.Y/c1-8-4(2-5(9)10)6-3-7-8;/h2H2,1H3,(H,9,10);/q-1;. The number of carboxylic acids is 1. The summed E-state index contributed by atoms with van der Waals surface area (Å²) in [6, 6.07) is 0. The summed E-state index contributed by atoms with van der Waals surface area (Å²) in [6.07, 6.45) is 2.20. The van der Waals surface area contributed by atoms with Gasteiger partial charge in [0.25, 0.3) is 5.97 Å². The maximum atomic E-state index is 10.1. The zero-order chi connectivity index (χ0) is 7.56. The molecule has 0 aliphatic carbocycles. The van der Waals surface area contributed by atoms with E-state index in [1.807, 2.05) is 0 Å². The van der Waals surface area contributed by atoms with E-state index in [1.54, 1.807) is 7.05 Å². The van der Waals surface area contributed by atoms with E-state index in [9.17, 15) is 4.79 Å². The fraction of sp³-hybridized carbons (Fsp3) is 0.400. The van der Waals surface area contributed by atoms with Gasteiger partial charge in [0.05, 0.1) is 0 Å². The van der Waals surface area contributed by atoms with Crippen molar-refractivity contribution in [1.29, 1.82) is 0 Å². The number of aliphatic carboxylic acids is 1. The molecule has 1 radical (unpaired) electrons. The minimum Gasteiger partial charge on any atom is -0.482 e. The number of hydrogen-bond acceptors (Lipinski definition) is 3. The molecule has 0 atom stereocenters. The summed E-state index contributed by atoms with van der Waals surface area (Å²) in [5, 5.41) is 11.9. The fourth-order valence-corrected chi connectivity index (χ4v) is 0.566. The van der Waals surface area contributed by atoms with Crippen molar-refractivity contribution < 1.29 is 42.6 Å². The van der Waals surface area contributed by atoms with Gasteiger partial charge < -0.3 is 14.8 Å². The van der Waals surface area contributed by atoms with Crippen molar-refractivity contribution in [2.24, 2.45) is 7.05 Å². The third-order valence-corrected chi connectivity index (χ3v) is 1.06. The van der Waals surface area contributed by atoms with Crippen LogP contribution in [0.15, 0.2) is 0 Å². The molecule has 0 amide bonds. The average Bonchev–Trinajstić information content (AvgIpc) is 2.15. The summed E-state index contributed by atoms with van der Waals surface area (Å²) in [5.41, 5.74) is 0. The Morgan fingerprint density at radius 1 is 1.82 bits per heavy atom. The van der Waals surface area contributed by atoms with Gasteiger partial charge in [-0.2, -0.15) is 0 Å². The smallest absolute Gasteiger partial charge is 0.293 e. The molecular formula is C5H6N3O2Y-. The van der Waals surface area contributed by atoms with Crippen molar-refractivity contribution in [3.63, 3.8) is 0 Å². The number of carbonyl (C=O) groups is 1. The molecule has 0 saturated carbocycles. The molecule has 0 saturated heterocycles. The van der Waals surface area contributed by atoms with Crippen molar-refractivity contribution in [3.05, 3.63) is 12.2 Å². The Balaban J connectivity index is 0.000001000. The van der Waals surface area contributed by atoms with Gasteiger partial charge >= 0.3 is 0 Å². The van der Waals surface area contributed by atoms with Gasteiger partial charge in [-0.05, 0) is 12.2 Å². The Labute approximate surface area is 88.7 Å². The predicted molar refractivity (Wildman–Crippen MR) is 31.2 cm³/mol. The van der Waals surface area contributed by atoms with Crippen LogP contribution in [0.5, 0.6) is 0 Å². The second kappa shape index (κ2) is 4.56. The third kappa shape index (κ3) is 3.07. The fourth-order valence-electron chi connectivity index (χ4n) is 0.566. The van der Waals surface area contributed by atoms with Gasteiger partial charge in [-0.3, -0.25) is 9.89 Å². The van der Waals surface area contributed by atoms with E-state index in [4.69, 9.17) is 5.11 Å². The average molecular weight is 229 g/mol. The summed E-state index contributed by atoms with van der Waals surface area (Å²) in [6.45, 7) is 0. The van der Waals surface area contributed by atoms with Gasteiger partial charge in [0.15, 0.2) is 0 Å². The van der Waals surface area contributed by atoms with E-state index < -0.39 is 5.97 Å². The van der Waals surface area contributed by atoms with Crippen molar-refractivity contribution in [2.75, 3.05) is 0 Å². The van der Waals surface area contributed by atoms with E-state index in [2.05, 4.69) is 16.4 Å². The first-order valence-electron chi connectivity index (χ1n) is 2.68. The minimum absolute atomic E-state index is 0. The van der Waals surface area contributed by atoms with E-state index in [0.29, 0.717) is 5.82 Å². The Hall–Kier alpha value is -0.286. The molecule has 5 nitrogen and oxygen atoms in total. The van der Waals surface area contributed by atoms with Gasteiger partial charge in [-0.1, -0.05) is 0 Å². The van der Waals surface area contributed by atoms with Crippen LogP contribution >= 0.6 is 0 Å². The molecule has 57 valence electrons. The molecule has 1 rings (SSSR count). The molecule has 0 bridgehead atoms. The van der Waals surface area contributed by atoms with Crippen molar-refractivity contribution >= 4 is 5.97 Å². The third-order valence-electron chi connectivity index (χ3n) is 1.06. The van der Waals surface area contributed by atoms with Crippen LogP contribution in [-0.4, -0.2) is 25.8 Å². The normalized spacial score (nSPS) is 8.82. The van der Waals surface area contributed by atoms with E-state index >= 15 is 0 Å². The summed E-state index contributed by atoms with van der Waals surface area (Å²) in [7, 11) is 1.63. The molecule has 1 aromatic heterocycles. The topological polar surface area (TPSA) is 68.0 Å². The molecule has 1 aromatic rings. The van der Waals surface area contributed by atoms with E-state index in [0.717, 1.165) is 0 Å². The van der Waals surface area contributed by atoms with Crippen LogP contribution in [-0.2, 0) is 51.0 Å². The van der Waals surface area contributed by atoms with Crippen molar-refractivity contribution in [3.8, 4) is 0 Å². The quantitative estimate of drug-likeness (QED) is 0.677. The number of nitrogens with zero attached hydrogens (tertiary/aromatic N) is 3. The molecule has 0 aliphatic rings. The monoisotopic (exact) mass is 229 g/mol. The molecule has 6 heteroatoms. The van der Waals surface area contributed by atoms with Crippen LogP contribution in [0, 0.1) is 6.33 Å². The summed E-state index contributed by atoms with van der Waals surface area (Å²) >= 11 is 0. The second-order valence-electron chi connectivity index (χ2n) is 1.82. The summed E-state index contributed by atoms with van der Waals surface area (Å²) in [4.78, 5) is 13.7. The van der Waals surface area contributed by atoms with Crippen LogP contribution < -0.4 is 0 Å². The van der Waals surface area contributed by atoms with Gasteiger partial charge in [0.1, 0.15) is 0 Å². The molecule has 11 heavy (non-hydrogen) atoms. The number of hydrogen-bond donors (Lipinski definition) is 1.